The molecule has 2 aromatic carbocycles. The van der Waals surface area contributed by atoms with E-state index >= 15 is 0 Å². The predicted octanol–water partition coefficient (Wildman–Crippen LogP) is 4.95. The van der Waals surface area contributed by atoms with E-state index in [1.165, 1.54) is 23.9 Å². The summed E-state index contributed by atoms with van der Waals surface area (Å²) in [5.41, 5.74) is 0.368. The lowest BCUT2D eigenvalue weighted by Crippen LogP contribution is -2.41. The summed E-state index contributed by atoms with van der Waals surface area (Å²) in [7, 11) is 0. The molecule has 0 radical (unpaired) electrons. The highest BCUT2D eigenvalue weighted by atomic mass is 35.5. The average molecular weight is 390 g/mol. The average Bonchev–Trinajstić information content (AvgIpc) is 2.61. The minimum absolute atomic E-state index is 0. The molecule has 1 heterocycles. The highest BCUT2D eigenvalue weighted by Gasteiger charge is 2.35. The van der Waals surface area contributed by atoms with Gasteiger partial charge in [-0.05, 0) is 17.7 Å². The van der Waals surface area contributed by atoms with E-state index in [2.05, 4.69) is 5.32 Å². The van der Waals surface area contributed by atoms with E-state index in [-0.39, 0.29) is 28.7 Å². The molecular weight excluding hydrogens is 371 g/mol. The molecular formula is C18H19ClF3NOS. The summed E-state index contributed by atoms with van der Waals surface area (Å²) in [4.78, 5) is 0.230. The van der Waals surface area contributed by atoms with Crippen LogP contribution in [0.4, 0.5) is 13.2 Å². The van der Waals surface area contributed by atoms with Gasteiger partial charge in [0, 0.05) is 18.0 Å². The molecule has 136 valence electrons. The van der Waals surface area contributed by atoms with Crippen LogP contribution in [0.2, 0.25) is 0 Å². The number of rotatable bonds is 4. The Bertz CT molecular complexity index is 663. The lowest BCUT2D eigenvalue weighted by Gasteiger charge is -2.31. The van der Waals surface area contributed by atoms with Gasteiger partial charge >= 0.3 is 6.18 Å². The third-order valence-electron chi connectivity index (χ3n) is 3.87. The number of ether oxygens (including phenoxy) is 1. The number of hydrogen-bond acceptors (Lipinski definition) is 3. The number of nitrogens with one attached hydrogen (secondary N) is 1. The monoisotopic (exact) mass is 389 g/mol. The molecule has 1 aliphatic heterocycles. The maximum Gasteiger partial charge on any atom is 0.417 e. The second kappa shape index (κ2) is 8.94. The normalized spacial score (nSPS) is 19.1. The molecule has 1 aliphatic rings. The summed E-state index contributed by atoms with van der Waals surface area (Å²) in [6.07, 6.45) is -4.54. The Morgan fingerprint density at radius 2 is 1.72 bits per heavy atom. The van der Waals surface area contributed by atoms with Gasteiger partial charge in [-0.25, -0.2) is 0 Å². The largest absolute Gasteiger partial charge is 0.417 e. The fourth-order valence-electron chi connectivity index (χ4n) is 2.72. The van der Waals surface area contributed by atoms with Crippen molar-refractivity contribution in [3.8, 4) is 0 Å². The molecule has 7 heteroatoms. The smallest absolute Gasteiger partial charge is 0.374 e. The van der Waals surface area contributed by atoms with Crippen molar-refractivity contribution in [1.82, 2.24) is 5.32 Å². The first-order valence-corrected chi connectivity index (χ1v) is 8.64. The lowest BCUT2D eigenvalue weighted by atomic mass is 10.1. The predicted molar refractivity (Wildman–Crippen MR) is 96.3 cm³/mol. The van der Waals surface area contributed by atoms with Crippen molar-refractivity contribution < 1.29 is 17.9 Å². The Kier molecular flexibility index (Phi) is 7.19. The van der Waals surface area contributed by atoms with Crippen LogP contribution in [0.25, 0.3) is 0 Å². The molecule has 2 aromatic rings. The van der Waals surface area contributed by atoms with Crippen molar-refractivity contribution in [3.05, 3.63) is 65.7 Å². The van der Waals surface area contributed by atoms with Crippen LogP contribution >= 0.6 is 24.2 Å². The van der Waals surface area contributed by atoms with Crippen LogP contribution in [-0.2, 0) is 10.9 Å². The van der Waals surface area contributed by atoms with E-state index in [4.69, 9.17) is 4.74 Å². The van der Waals surface area contributed by atoms with Gasteiger partial charge in [-0.2, -0.15) is 13.2 Å². The van der Waals surface area contributed by atoms with Crippen LogP contribution in [0.15, 0.2) is 59.5 Å². The fourth-order valence-corrected chi connectivity index (χ4v) is 4.08. The molecule has 0 aliphatic carbocycles. The Balaban J connectivity index is 0.00000225. The molecule has 0 saturated carbocycles. The SMILES string of the molecule is Cl.FC(F)(F)c1ccccc1SC(c1ccccc1)[C@H]1CNCCO1. The van der Waals surface area contributed by atoms with E-state index in [1.807, 2.05) is 30.3 Å². The zero-order valence-electron chi connectivity index (χ0n) is 13.3. The first-order valence-electron chi connectivity index (χ1n) is 7.76. The molecule has 1 N–H and O–H groups in total. The van der Waals surface area contributed by atoms with Crippen LogP contribution < -0.4 is 5.32 Å². The molecule has 0 spiro atoms. The van der Waals surface area contributed by atoms with Gasteiger partial charge in [0.25, 0.3) is 0 Å². The summed E-state index contributed by atoms with van der Waals surface area (Å²) < 4.78 is 45.7. The van der Waals surface area contributed by atoms with Crippen molar-refractivity contribution in [3.63, 3.8) is 0 Å². The van der Waals surface area contributed by atoms with Gasteiger partial charge in [0.15, 0.2) is 0 Å². The Morgan fingerprint density at radius 3 is 2.36 bits per heavy atom. The van der Waals surface area contributed by atoms with Crippen LogP contribution in [0, 0.1) is 0 Å². The van der Waals surface area contributed by atoms with Crippen LogP contribution in [-0.4, -0.2) is 25.8 Å². The van der Waals surface area contributed by atoms with Crippen LogP contribution in [0.5, 0.6) is 0 Å². The van der Waals surface area contributed by atoms with Gasteiger partial charge in [-0.1, -0.05) is 42.5 Å². The zero-order valence-corrected chi connectivity index (χ0v) is 15.0. The minimum atomic E-state index is -4.36. The first-order chi connectivity index (χ1) is 11.6. The highest BCUT2D eigenvalue weighted by molar-refractivity contribution is 7.99. The Hall–Kier alpha value is -1.21. The molecule has 2 atom stereocenters. The second-order valence-corrected chi connectivity index (χ2v) is 6.74. The Labute approximate surface area is 155 Å². The molecule has 0 bridgehead atoms. The van der Waals surface area contributed by atoms with E-state index < -0.39 is 11.7 Å². The highest BCUT2D eigenvalue weighted by Crippen LogP contribution is 2.44. The number of hydrogen-bond donors (Lipinski definition) is 1. The third-order valence-corrected chi connectivity index (χ3v) is 5.31. The fraction of sp³-hybridized carbons (Fsp3) is 0.333. The van der Waals surface area contributed by atoms with Crippen LogP contribution in [0.3, 0.4) is 0 Å². The molecule has 25 heavy (non-hydrogen) atoms. The van der Waals surface area contributed by atoms with Crippen LogP contribution in [0.1, 0.15) is 16.4 Å². The molecule has 3 rings (SSSR count). The molecule has 1 saturated heterocycles. The van der Waals surface area contributed by atoms with Gasteiger partial charge in [0.05, 0.1) is 23.5 Å². The van der Waals surface area contributed by atoms with Crippen molar-refractivity contribution in [2.75, 3.05) is 19.7 Å². The van der Waals surface area contributed by atoms with Gasteiger partial charge in [-0.3, -0.25) is 0 Å². The van der Waals surface area contributed by atoms with Crippen molar-refractivity contribution in [2.24, 2.45) is 0 Å². The van der Waals surface area contributed by atoms with Gasteiger partial charge in [-0.15, -0.1) is 24.2 Å². The van der Waals surface area contributed by atoms with E-state index in [0.717, 1.165) is 18.2 Å². The zero-order chi connectivity index (χ0) is 17.0. The van der Waals surface area contributed by atoms with Crippen molar-refractivity contribution >= 4 is 24.2 Å². The number of benzene rings is 2. The summed E-state index contributed by atoms with van der Waals surface area (Å²) in [5.74, 6) is 0. The van der Waals surface area contributed by atoms with E-state index in [1.54, 1.807) is 6.07 Å². The Morgan fingerprint density at radius 1 is 1.04 bits per heavy atom. The standard InChI is InChI=1S/C18H18F3NOS.ClH/c19-18(20,21)14-8-4-5-9-16(14)24-17(13-6-2-1-3-7-13)15-12-22-10-11-23-15;/h1-9,15,17,22H,10-12H2;1H/t15-,17?;/m1./s1. The van der Waals surface area contributed by atoms with Gasteiger partial charge in [0.2, 0.25) is 0 Å². The van der Waals surface area contributed by atoms with E-state index in [0.29, 0.717) is 13.2 Å². The first kappa shape index (κ1) is 20.1. The summed E-state index contributed by atoms with van der Waals surface area (Å²) in [6, 6.07) is 15.3. The summed E-state index contributed by atoms with van der Waals surface area (Å²) >= 11 is 1.22. The number of halogens is 4. The second-order valence-electron chi connectivity index (χ2n) is 5.56. The van der Waals surface area contributed by atoms with Crippen molar-refractivity contribution in [1.29, 1.82) is 0 Å². The molecule has 2 nitrogen and oxygen atoms in total. The summed E-state index contributed by atoms with van der Waals surface area (Å²) in [5, 5.41) is 3.05. The number of morpholine rings is 1. The quantitative estimate of drug-likeness (QED) is 0.747. The van der Waals surface area contributed by atoms with E-state index in [9.17, 15) is 13.2 Å². The number of thioether (sulfide) groups is 1. The molecule has 1 unspecified atom stereocenters. The lowest BCUT2D eigenvalue weighted by molar-refractivity contribution is -0.139. The van der Waals surface area contributed by atoms with Gasteiger partial charge in [0.1, 0.15) is 0 Å². The minimum Gasteiger partial charge on any atom is -0.374 e. The van der Waals surface area contributed by atoms with Crippen molar-refractivity contribution in [2.45, 2.75) is 22.4 Å². The summed E-state index contributed by atoms with van der Waals surface area (Å²) in [6.45, 7) is 1.96. The maximum atomic E-state index is 13.3. The molecule has 0 aromatic heterocycles. The molecule has 1 fully saturated rings. The third kappa shape index (κ3) is 5.14. The molecule has 0 amide bonds. The maximum absolute atomic E-state index is 13.3. The topological polar surface area (TPSA) is 21.3 Å². The number of alkyl halides is 3. The van der Waals surface area contributed by atoms with Gasteiger partial charge < -0.3 is 10.1 Å².